The molecule has 0 fully saturated rings. The van der Waals surface area contributed by atoms with E-state index in [0.29, 0.717) is 11.4 Å². The van der Waals surface area contributed by atoms with Crippen molar-refractivity contribution in [2.24, 2.45) is 0 Å². The number of hydrogen-bond acceptors (Lipinski definition) is 3. The third kappa shape index (κ3) is 1.61. The molecule has 3 N–H and O–H groups in total. The van der Waals surface area contributed by atoms with Gasteiger partial charge in [-0.25, -0.2) is 0 Å². The van der Waals surface area contributed by atoms with Gasteiger partial charge in [0.15, 0.2) is 5.43 Å². The van der Waals surface area contributed by atoms with E-state index in [-0.39, 0.29) is 16.9 Å². The predicted octanol–water partition coefficient (Wildman–Crippen LogP) is 0.0846. The highest BCUT2D eigenvalue weighted by Gasteiger charge is 2.15. The van der Waals surface area contributed by atoms with E-state index in [1.807, 2.05) is 0 Å². The molecule has 5 heteroatoms. The van der Waals surface area contributed by atoms with Gasteiger partial charge < -0.3 is 15.6 Å². The maximum atomic E-state index is 11.6. The number of carbonyl (C=O) groups excluding carboxylic acids is 1. The van der Waals surface area contributed by atoms with Crippen molar-refractivity contribution in [2.45, 2.75) is 6.92 Å². The van der Waals surface area contributed by atoms with Crippen molar-refractivity contribution in [1.82, 2.24) is 10.3 Å². The SMILES string of the molecule is CNC(=O)c1c(NC)[nH]cc(C)c1=O. The van der Waals surface area contributed by atoms with E-state index in [2.05, 4.69) is 15.6 Å². The maximum absolute atomic E-state index is 11.6. The first-order valence-corrected chi connectivity index (χ1v) is 4.24. The van der Waals surface area contributed by atoms with Crippen LogP contribution in [0.4, 0.5) is 5.82 Å². The van der Waals surface area contributed by atoms with E-state index in [9.17, 15) is 9.59 Å². The van der Waals surface area contributed by atoms with Crippen LogP contribution in [-0.2, 0) is 0 Å². The fraction of sp³-hybridized carbons (Fsp3) is 0.333. The van der Waals surface area contributed by atoms with Gasteiger partial charge in [0.25, 0.3) is 5.91 Å². The fourth-order valence-corrected chi connectivity index (χ4v) is 1.17. The molecule has 0 aliphatic carbocycles. The molecule has 0 aromatic carbocycles. The largest absolute Gasteiger partial charge is 0.374 e. The molecule has 0 spiro atoms. The number of nitrogens with one attached hydrogen (secondary N) is 3. The molecule has 14 heavy (non-hydrogen) atoms. The van der Waals surface area contributed by atoms with Gasteiger partial charge in [-0.05, 0) is 6.92 Å². The van der Waals surface area contributed by atoms with E-state index in [4.69, 9.17) is 0 Å². The molecule has 0 bridgehead atoms. The number of amides is 1. The average molecular weight is 195 g/mol. The van der Waals surface area contributed by atoms with Crippen LogP contribution in [-0.4, -0.2) is 25.0 Å². The summed E-state index contributed by atoms with van der Waals surface area (Å²) in [7, 11) is 3.14. The standard InChI is InChI=1S/C9H13N3O2/c1-5-4-12-8(10-2)6(7(5)13)9(14)11-3/h4H,1-3H3,(H,11,14)(H2,10,12,13). The predicted molar refractivity (Wildman–Crippen MR) is 54.7 cm³/mol. The van der Waals surface area contributed by atoms with Crippen molar-refractivity contribution in [3.05, 3.63) is 27.5 Å². The average Bonchev–Trinajstić information content (AvgIpc) is 2.20. The third-order valence-corrected chi connectivity index (χ3v) is 1.97. The van der Waals surface area contributed by atoms with Crippen LogP contribution in [0, 0.1) is 6.92 Å². The second-order valence-corrected chi connectivity index (χ2v) is 2.88. The number of pyridine rings is 1. The first-order chi connectivity index (χ1) is 6.61. The Balaban J connectivity index is 3.43. The van der Waals surface area contributed by atoms with Crippen LogP contribution < -0.4 is 16.1 Å². The van der Waals surface area contributed by atoms with Gasteiger partial charge in [0.1, 0.15) is 11.4 Å². The number of aryl methyl sites for hydroxylation is 1. The Morgan fingerprint density at radius 3 is 2.57 bits per heavy atom. The molecule has 1 aromatic rings. The molecule has 5 nitrogen and oxygen atoms in total. The highest BCUT2D eigenvalue weighted by Crippen LogP contribution is 2.06. The first-order valence-electron chi connectivity index (χ1n) is 4.24. The number of H-pyrrole nitrogens is 1. The van der Waals surface area contributed by atoms with Crippen LogP contribution in [0.15, 0.2) is 11.0 Å². The molecule has 1 rings (SSSR count). The number of aromatic nitrogens is 1. The molecular weight excluding hydrogens is 182 g/mol. The Hall–Kier alpha value is -1.78. The van der Waals surface area contributed by atoms with E-state index < -0.39 is 0 Å². The van der Waals surface area contributed by atoms with Gasteiger partial charge in [0, 0.05) is 25.9 Å². The monoisotopic (exact) mass is 195 g/mol. The number of anilines is 1. The Morgan fingerprint density at radius 2 is 2.07 bits per heavy atom. The molecule has 0 atom stereocenters. The van der Waals surface area contributed by atoms with Gasteiger partial charge in [-0.1, -0.05) is 0 Å². The number of aromatic amines is 1. The van der Waals surface area contributed by atoms with Gasteiger partial charge in [-0.15, -0.1) is 0 Å². The summed E-state index contributed by atoms with van der Waals surface area (Å²) in [5.74, 6) is 0.0410. The molecule has 0 unspecified atom stereocenters. The maximum Gasteiger partial charge on any atom is 0.258 e. The van der Waals surface area contributed by atoms with Crippen molar-refractivity contribution in [2.75, 3.05) is 19.4 Å². The summed E-state index contributed by atoms with van der Waals surface area (Å²) in [6.07, 6.45) is 1.57. The summed E-state index contributed by atoms with van der Waals surface area (Å²) in [4.78, 5) is 25.9. The molecule has 1 amide bonds. The summed E-state index contributed by atoms with van der Waals surface area (Å²) < 4.78 is 0. The second-order valence-electron chi connectivity index (χ2n) is 2.88. The van der Waals surface area contributed by atoms with Crippen LogP contribution in [0.2, 0.25) is 0 Å². The van der Waals surface area contributed by atoms with E-state index in [1.54, 1.807) is 20.2 Å². The lowest BCUT2D eigenvalue weighted by molar-refractivity contribution is 0.0962. The van der Waals surface area contributed by atoms with Crippen LogP contribution in [0.3, 0.4) is 0 Å². The zero-order valence-corrected chi connectivity index (χ0v) is 8.39. The Labute approximate surface area is 81.5 Å². The summed E-state index contributed by atoms with van der Waals surface area (Å²) in [5, 5.41) is 5.19. The van der Waals surface area contributed by atoms with Crippen molar-refractivity contribution < 1.29 is 4.79 Å². The molecule has 0 aliphatic rings. The van der Waals surface area contributed by atoms with E-state index in [1.165, 1.54) is 7.05 Å². The van der Waals surface area contributed by atoms with Crippen LogP contribution in [0.25, 0.3) is 0 Å². The molecule has 0 aliphatic heterocycles. The molecular formula is C9H13N3O2. The minimum Gasteiger partial charge on any atom is -0.374 e. The Morgan fingerprint density at radius 1 is 1.43 bits per heavy atom. The minimum absolute atomic E-state index is 0.120. The topological polar surface area (TPSA) is 74.0 Å². The molecule has 0 saturated carbocycles. The summed E-state index contributed by atoms with van der Waals surface area (Å²) >= 11 is 0. The van der Waals surface area contributed by atoms with E-state index in [0.717, 1.165) is 0 Å². The number of carbonyl (C=O) groups is 1. The van der Waals surface area contributed by atoms with Crippen LogP contribution >= 0.6 is 0 Å². The number of rotatable bonds is 2. The van der Waals surface area contributed by atoms with Gasteiger partial charge in [0.2, 0.25) is 0 Å². The highest BCUT2D eigenvalue weighted by molar-refractivity contribution is 5.98. The molecule has 1 aromatic heterocycles. The Bertz CT molecular complexity index is 409. The summed E-state index contributed by atoms with van der Waals surface area (Å²) in [6.45, 7) is 1.66. The highest BCUT2D eigenvalue weighted by atomic mass is 16.2. The summed E-state index contributed by atoms with van der Waals surface area (Å²) in [5.41, 5.74) is 0.380. The van der Waals surface area contributed by atoms with Crippen molar-refractivity contribution in [3.63, 3.8) is 0 Å². The third-order valence-electron chi connectivity index (χ3n) is 1.97. The van der Waals surface area contributed by atoms with E-state index >= 15 is 0 Å². The van der Waals surface area contributed by atoms with Crippen molar-refractivity contribution in [3.8, 4) is 0 Å². The van der Waals surface area contributed by atoms with Crippen LogP contribution in [0.1, 0.15) is 15.9 Å². The minimum atomic E-state index is -0.390. The lowest BCUT2D eigenvalue weighted by Gasteiger charge is -2.07. The van der Waals surface area contributed by atoms with Crippen molar-refractivity contribution in [1.29, 1.82) is 0 Å². The molecule has 76 valence electrons. The first kappa shape index (κ1) is 10.3. The zero-order chi connectivity index (χ0) is 10.7. The normalized spacial score (nSPS) is 9.64. The van der Waals surface area contributed by atoms with Gasteiger partial charge in [-0.3, -0.25) is 9.59 Å². The lowest BCUT2D eigenvalue weighted by Crippen LogP contribution is -2.28. The van der Waals surface area contributed by atoms with Gasteiger partial charge in [0.05, 0.1) is 0 Å². The lowest BCUT2D eigenvalue weighted by atomic mass is 10.1. The van der Waals surface area contributed by atoms with Crippen molar-refractivity contribution >= 4 is 11.7 Å². The molecule has 1 heterocycles. The van der Waals surface area contributed by atoms with Gasteiger partial charge >= 0.3 is 0 Å². The Kier molecular flexibility index (Phi) is 2.91. The second kappa shape index (κ2) is 3.95. The smallest absolute Gasteiger partial charge is 0.258 e. The quantitative estimate of drug-likeness (QED) is 0.626. The fourth-order valence-electron chi connectivity index (χ4n) is 1.17. The van der Waals surface area contributed by atoms with Gasteiger partial charge in [-0.2, -0.15) is 0 Å². The van der Waals surface area contributed by atoms with Crippen LogP contribution in [0.5, 0.6) is 0 Å². The summed E-state index contributed by atoms with van der Waals surface area (Å²) in [6, 6.07) is 0. The molecule has 0 radical (unpaired) electrons. The zero-order valence-electron chi connectivity index (χ0n) is 8.39. The molecule has 0 saturated heterocycles. The number of hydrogen-bond donors (Lipinski definition) is 3.